The van der Waals surface area contributed by atoms with E-state index in [1.54, 1.807) is 0 Å². The van der Waals surface area contributed by atoms with Crippen molar-refractivity contribution in [3.05, 3.63) is 71.8 Å². The van der Waals surface area contributed by atoms with Gasteiger partial charge in [-0.25, -0.2) is 4.79 Å². The van der Waals surface area contributed by atoms with E-state index in [0.717, 1.165) is 11.1 Å². The molecule has 2 heteroatoms. The first kappa shape index (κ1) is 15.0. The van der Waals surface area contributed by atoms with Crippen molar-refractivity contribution in [3.8, 4) is 11.1 Å². The largest absolute Gasteiger partial charge is 0.478 e. The molecule has 108 valence electrons. The van der Waals surface area contributed by atoms with Crippen LogP contribution in [0.15, 0.2) is 66.2 Å². The van der Waals surface area contributed by atoms with Crippen molar-refractivity contribution in [3.63, 3.8) is 0 Å². The second-order valence-electron chi connectivity index (χ2n) is 5.45. The van der Waals surface area contributed by atoms with E-state index in [-0.39, 0.29) is 5.92 Å². The van der Waals surface area contributed by atoms with Crippen LogP contribution in [0, 0.1) is 5.92 Å². The smallest absolute Gasteiger partial charge is 0.328 e. The van der Waals surface area contributed by atoms with Gasteiger partial charge in [0.15, 0.2) is 0 Å². The van der Waals surface area contributed by atoms with Gasteiger partial charge < -0.3 is 5.11 Å². The van der Waals surface area contributed by atoms with E-state index >= 15 is 0 Å². The van der Waals surface area contributed by atoms with Crippen LogP contribution in [0.2, 0.25) is 0 Å². The van der Waals surface area contributed by atoms with Gasteiger partial charge in [0.1, 0.15) is 0 Å². The molecule has 0 unspecified atom stereocenters. The number of hydrogen-bond acceptors (Lipinski definition) is 1. The van der Waals surface area contributed by atoms with Gasteiger partial charge in [-0.15, -0.1) is 0 Å². The maximum atomic E-state index is 10.9. The van der Waals surface area contributed by atoms with Crippen LogP contribution in [0.25, 0.3) is 11.1 Å². The van der Waals surface area contributed by atoms with Gasteiger partial charge in [0.25, 0.3) is 0 Å². The number of carbonyl (C=O) groups is 1. The lowest BCUT2D eigenvalue weighted by Gasteiger charge is -2.11. The van der Waals surface area contributed by atoms with Crippen LogP contribution in [-0.4, -0.2) is 11.1 Å². The molecule has 2 nitrogen and oxygen atoms in total. The molecule has 2 aromatic rings. The Balaban J connectivity index is 2.17. The molecule has 0 saturated heterocycles. The van der Waals surface area contributed by atoms with Crippen LogP contribution >= 0.6 is 0 Å². The van der Waals surface area contributed by atoms with Gasteiger partial charge in [-0.1, -0.05) is 74.0 Å². The van der Waals surface area contributed by atoms with Crippen molar-refractivity contribution in [2.24, 2.45) is 5.92 Å². The molecule has 0 amide bonds. The molecule has 1 N–H and O–H groups in total. The Morgan fingerprint density at radius 2 is 1.57 bits per heavy atom. The van der Waals surface area contributed by atoms with Crippen molar-refractivity contribution in [2.75, 3.05) is 0 Å². The van der Waals surface area contributed by atoms with Gasteiger partial charge >= 0.3 is 5.97 Å². The van der Waals surface area contributed by atoms with Crippen LogP contribution in [0.1, 0.15) is 19.4 Å². The average Bonchev–Trinajstić information content (AvgIpc) is 2.48. The van der Waals surface area contributed by atoms with Gasteiger partial charge in [0.2, 0.25) is 0 Å². The van der Waals surface area contributed by atoms with E-state index in [4.69, 9.17) is 5.11 Å². The summed E-state index contributed by atoms with van der Waals surface area (Å²) in [6.07, 6.45) is 2.01. The minimum absolute atomic E-state index is 0.231. The Kier molecular flexibility index (Phi) is 4.94. The molecule has 0 atom stereocenters. The summed E-state index contributed by atoms with van der Waals surface area (Å²) in [7, 11) is 0. The summed E-state index contributed by atoms with van der Waals surface area (Å²) in [5, 5.41) is 8.93. The number of carboxylic acid groups (broad SMARTS) is 1. The predicted octanol–water partition coefficient (Wildman–Crippen LogP) is 4.56. The normalized spacial score (nSPS) is 11.7. The number of hydrogen-bond donors (Lipinski definition) is 1. The lowest BCUT2D eigenvalue weighted by atomic mass is 9.94. The van der Waals surface area contributed by atoms with Crippen LogP contribution < -0.4 is 0 Å². The molecular weight excluding hydrogens is 260 g/mol. The molecule has 0 aliphatic heterocycles. The van der Waals surface area contributed by atoms with Gasteiger partial charge in [0, 0.05) is 6.08 Å². The van der Waals surface area contributed by atoms with Crippen LogP contribution in [0.3, 0.4) is 0 Å². The summed E-state index contributed by atoms with van der Waals surface area (Å²) in [4.78, 5) is 10.9. The monoisotopic (exact) mass is 280 g/mol. The Bertz CT molecular complexity index is 622. The Morgan fingerprint density at radius 1 is 1.00 bits per heavy atom. The quantitative estimate of drug-likeness (QED) is 0.815. The van der Waals surface area contributed by atoms with Crippen molar-refractivity contribution < 1.29 is 9.90 Å². The van der Waals surface area contributed by atoms with Gasteiger partial charge in [-0.05, 0) is 29.0 Å². The zero-order valence-electron chi connectivity index (χ0n) is 12.4. The highest BCUT2D eigenvalue weighted by molar-refractivity contribution is 5.80. The molecule has 2 aromatic carbocycles. The third-order valence-corrected chi connectivity index (χ3v) is 3.52. The van der Waals surface area contributed by atoms with Crippen molar-refractivity contribution in [1.29, 1.82) is 0 Å². The first-order valence-electron chi connectivity index (χ1n) is 7.14. The summed E-state index contributed by atoms with van der Waals surface area (Å²) >= 11 is 0. The summed E-state index contributed by atoms with van der Waals surface area (Å²) in [6.45, 7) is 4.04. The minimum atomic E-state index is -0.875. The summed E-state index contributed by atoms with van der Waals surface area (Å²) in [5.41, 5.74) is 4.44. The Morgan fingerprint density at radius 3 is 2.10 bits per heavy atom. The highest BCUT2D eigenvalue weighted by Crippen LogP contribution is 2.22. The molecular formula is C19H20O2. The topological polar surface area (TPSA) is 37.3 Å². The number of carboxylic acids is 1. The average molecular weight is 280 g/mol. The highest BCUT2D eigenvalue weighted by Gasteiger charge is 2.07. The lowest BCUT2D eigenvalue weighted by Crippen LogP contribution is -2.02. The van der Waals surface area contributed by atoms with Crippen molar-refractivity contribution >= 4 is 5.97 Å². The van der Waals surface area contributed by atoms with E-state index in [2.05, 4.69) is 36.4 Å². The Labute approximate surface area is 125 Å². The number of rotatable bonds is 5. The molecule has 21 heavy (non-hydrogen) atoms. The molecule has 0 aliphatic rings. The van der Waals surface area contributed by atoms with Gasteiger partial charge in [-0.3, -0.25) is 0 Å². The molecule has 0 bridgehead atoms. The molecule has 0 spiro atoms. The van der Waals surface area contributed by atoms with E-state index in [1.165, 1.54) is 17.2 Å². The van der Waals surface area contributed by atoms with Crippen molar-refractivity contribution in [1.82, 2.24) is 0 Å². The van der Waals surface area contributed by atoms with Gasteiger partial charge in [-0.2, -0.15) is 0 Å². The van der Waals surface area contributed by atoms with E-state index in [1.807, 2.05) is 32.0 Å². The van der Waals surface area contributed by atoms with E-state index < -0.39 is 5.97 Å². The highest BCUT2D eigenvalue weighted by atomic mass is 16.4. The first-order chi connectivity index (χ1) is 10.1. The second kappa shape index (κ2) is 6.89. The molecule has 0 fully saturated rings. The molecule has 2 rings (SSSR count). The molecule has 0 aliphatic carbocycles. The molecule has 0 radical (unpaired) electrons. The lowest BCUT2D eigenvalue weighted by molar-refractivity contribution is -0.131. The van der Waals surface area contributed by atoms with Crippen LogP contribution in [0.5, 0.6) is 0 Å². The maximum absolute atomic E-state index is 10.9. The summed E-state index contributed by atoms with van der Waals surface area (Å²) in [5.74, 6) is -0.644. The fourth-order valence-electron chi connectivity index (χ4n) is 2.26. The second-order valence-corrected chi connectivity index (χ2v) is 5.45. The zero-order valence-corrected chi connectivity index (χ0v) is 12.4. The number of aliphatic carboxylic acids is 1. The first-order valence-corrected chi connectivity index (χ1v) is 7.14. The van der Waals surface area contributed by atoms with E-state index in [9.17, 15) is 4.79 Å². The fourth-order valence-corrected chi connectivity index (χ4v) is 2.26. The fraction of sp³-hybridized carbons (Fsp3) is 0.211. The molecule has 0 aromatic heterocycles. The van der Waals surface area contributed by atoms with Crippen molar-refractivity contribution in [2.45, 2.75) is 20.3 Å². The standard InChI is InChI=1S/C19H20O2/c1-14(2)18(13-19(20)21)12-15-8-10-17(11-9-15)16-6-4-3-5-7-16/h3-11,13-14H,12H2,1-2H3,(H,20,21)/b18-13-. The van der Waals surface area contributed by atoms with Crippen LogP contribution in [0.4, 0.5) is 0 Å². The molecule has 0 heterocycles. The predicted molar refractivity (Wildman–Crippen MR) is 86.1 cm³/mol. The zero-order chi connectivity index (χ0) is 15.2. The Hall–Kier alpha value is -2.35. The minimum Gasteiger partial charge on any atom is -0.478 e. The number of benzene rings is 2. The SMILES string of the molecule is CC(C)/C(=C\C(=O)O)Cc1ccc(-c2ccccc2)cc1. The number of allylic oxidation sites excluding steroid dienone is 1. The maximum Gasteiger partial charge on any atom is 0.328 e. The summed E-state index contributed by atoms with van der Waals surface area (Å²) in [6, 6.07) is 18.5. The third-order valence-electron chi connectivity index (χ3n) is 3.52. The summed E-state index contributed by atoms with van der Waals surface area (Å²) < 4.78 is 0. The van der Waals surface area contributed by atoms with Gasteiger partial charge in [0.05, 0.1) is 0 Å². The third kappa shape index (κ3) is 4.32. The van der Waals surface area contributed by atoms with E-state index in [0.29, 0.717) is 6.42 Å². The molecule has 0 saturated carbocycles. The van der Waals surface area contributed by atoms with Crippen LogP contribution in [-0.2, 0) is 11.2 Å².